The van der Waals surface area contributed by atoms with Gasteiger partial charge in [-0.2, -0.15) is 0 Å². The van der Waals surface area contributed by atoms with Crippen LogP contribution in [0.2, 0.25) is 0 Å². The zero-order valence-electron chi connectivity index (χ0n) is 12.0. The number of thioether (sulfide) groups is 1. The Morgan fingerprint density at radius 3 is 2.81 bits per heavy atom. The summed E-state index contributed by atoms with van der Waals surface area (Å²) in [7, 11) is 3.11. The summed E-state index contributed by atoms with van der Waals surface area (Å²) in [4.78, 5) is 13.6. The molecule has 0 radical (unpaired) electrons. The largest absolute Gasteiger partial charge is 0.493 e. The van der Waals surface area contributed by atoms with Crippen molar-refractivity contribution in [2.75, 3.05) is 33.1 Å². The molecule has 1 aromatic rings. The topological polar surface area (TPSA) is 79.2 Å². The first-order valence-corrected chi connectivity index (χ1v) is 7.58. The monoisotopic (exact) mass is 313 g/mol. The standard InChI is InChI=1S/C14H19NO5S/c1-19-11-5-3-4-10(13(11)20-2)14-15(6-9(17)7-16)12(18)8-21-14/h3-5,9,14,16-17H,6-8H2,1-2H3/t9-,14?/m0/s1. The van der Waals surface area contributed by atoms with E-state index in [1.165, 1.54) is 11.8 Å². The minimum absolute atomic E-state index is 0.0672. The van der Waals surface area contributed by atoms with Crippen LogP contribution in [0.3, 0.4) is 0 Å². The normalized spacial score (nSPS) is 19.7. The second kappa shape index (κ2) is 7.02. The molecule has 21 heavy (non-hydrogen) atoms. The van der Waals surface area contributed by atoms with E-state index in [-0.39, 0.29) is 24.4 Å². The zero-order valence-corrected chi connectivity index (χ0v) is 12.8. The Morgan fingerprint density at radius 1 is 1.43 bits per heavy atom. The number of amides is 1. The van der Waals surface area contributed by atoms with E-state index in [1.807, 2.05) is 12.1 Å². The molecule has 0 saturated carbocycles. The highest BCUT2D eigenvalue weighted by molar-refractivity contribution is 8.00. The number of carbonyl (C=O) groups is 1. The summed E-state index contributed by atoms with van der Waals surface area (Å²) in [6.45, 7) is -0.288. The molecule has 1 amide bonds. The second-order valence-electron chi connectivity index (χ2n) is 4.63. The fourth-order valence-corrected chi connectivity index (χ4v) is 3.52. The van der Waals surface area contributed by atoms with Gasteiger partial charge in [0.1, 0.15) is 5.37 Å². The number of methoxy groups -OCH3 is 2. The van der Waals surface area contributed by atoms with Crippen LogP contribution in [0.4, 0.5) is 0 Å². The first kappa shape index (κ1) is 15.9. The highest BCUT2D eigenvalue weighted by Gasteiger charge is 2.36. The minimum atomic E-state index is -0.952. The van der Waals surface area contributed by atoms with Crippen molar-refractivity contribution in [3.05, 3.63) is 23.8 Å². The molecule has 1 unspecified atom stereocenters. The van der Waals surface area contributed by atoms with Crippen LogP contribution in [0.25, 0.3) is 0 Å². The Kier molecular flexibility index (Phi) is 5.33. The van der Waals surface area contributed by atoms with E-state index in [2.05, 4.69) is 0 Å². The van der Waals surface area contributed by atoms with Crippen LogP contribution >= 0.6 is 11.8 Å². The number of β-amino-alcohol motifs (C(OH)–C–C–N with tert-alkyl or cyclic N) is 1. The molecule has 1 heterocycles. The molecule has 6 nitrogen and oxygen atoms in total. The van der Waals surface area contributed by atoms with Gasteiger partial charge in [-0.1, -0.05) is 12.1 Å². The summed E-state index contributed by atoms with van der Waals surface area (Å²) in [6.07, 6.45) is -0.952. The number of benzene rings is 1. The molecule has 2 N–H and O–H groups in total. The van der Waals surface area contributed by atoms with Gasteiger partial charge >= 0.3 is 0 Å². The molecule has 1 saturated heterocycles. The average molecular weight is 313 g/mol. The van der Waals surface area contributed by atoms with Crippen LogP contribution < -0.4 is 9.47 Å². The highest BCUT2D eigenvalue weighted by Crippen LogP contribution is 2.45. The molecule has 0 bridgehead atoms. The maximum Gasteiger partial charge on any atom is 0.233 e. The van der Waals surface area contributed by atoms with Crippen LogP contribution in [-0.4, -0.2) is 60.2 Å². The second-order valence-corrected chi connectivity index (χ2v) is 5.70. The van der Waals surface area contributed by atoms with Crippen molar-refractivity contribution < 1.29 is 24.5 Å². The molecular weight excluding hydrogens is 294 g/mol. The maximum atomic E-state index is 12.0. The smallest absolute Gasteiger partial charge is 0.233 e. The highest BCUT2D eigenvalue weighted by atomic mass is 32.2. The van der Waals surface area contributed by atoms with Crippen molar-refractivity contribution in [3.8, 4) is 11.5 Å². The van der Waals surface area contributed by atoms with Gasteiger partial charge in [-0.15, -0.1) is 11.8 Å². The van der Waals surface area contributed by atoms with E-state index in [0.717, 1.165) is 5.56 Å². The summed E-state index contributed by atoms with van der Waals surface area (Å²) < 4.78 is 10.7. The van der Waals surface area contributed by atoms with E-state index in [4.69, 9.17) is 14.6 Å². The van der Waals surface area contributed by atoms with Crippen molar-refractivity contribution in [1.29, 1.82) is 0 Å². The van der Waals surface area contributed by atoms with Crippen molar-refractivity contribution in [1.82, 2.24) is 4.90 Å². The third-order valence-corrected chi connectivity index (χ3v) is 4.52. The molecule has 2 atom stereocenters. The fourth-order valence-electron chi connectivity index (χ4n) is 2.30. The first-order chi connectivity index (χ1) is 10.1. The number of hydrogen-bond acceptors (Lipinski definition) is 6. The lowest BCUT2D eigenvalue weighted by Crippen LogP contribution is -2.37. The van der Waals surface area contributed by atoms with Crippen LogP contribution in [0.1, 0.15) is 10.9 Å². The molecule has 1 aromatic carbocycles. The van der Waals surface area contributed by atoms with Gasteiger partial charge < -0.3 is 24.6 Å². The molecule has 0 spiro atoms. The number of hydrogen-bond donors (Lipinski definition) is 2. The molecule has 0 aromatic heterocycles. The Balaban J connectivity index is 2.33. The zero-order chi connectivity index (χ0) is 15.4. The number of para-hydroxylation sites is 1. The van der Waals surface area contributed by atoms with Crippen LogP contribution in [0, 0.1) is 0 Å². The third-order valence-electron chi connectivity index (χ3n) is 3.29. The van der Waals surface area contributed by atoms with Gasteiger partial charge in [-0.3, -0.25) is 4.79 Å². The lowest BCUT2D eigenvalue weighted by molar-refractivity contribution is -0.129. The number of aliphatic hydroxyl groups excluding tert-OH is 2. The number of nitrogens with zero attached hydrogens (tertiary/aromatic N) is 1. The van der Waals surface area contributed by atoms with Gasteiger partial charge in [-0.05, 0) is 6.07 Å². The number of aliphatic hydroxyl groups is 2. The molecule has 7 heteroatoms. The number of rotatable bonds is 6. The lowest BCUT2D eigenvalue weighted by atomic mass is 10.1. The summed E-state index contributed by atoms with van der Waals surface area (Å²) in [5.74, 6) is 1.44. The van der Waals surface area contributed by atoms with Crippen LogP contribution in [0.5, 0.6) is 11.5 Å². The van der Waals surface area contributed by atoms with E-state index < -0.39 is 6.10 Å². The summed E-state index contributed by atoms with van der Waals surface area (Å²) >= 11 is 1.46. The van der Waals surface area contributed by atoms with Gasteiger partial charge in [0.2, 0.25) is 5.91 Å². The van der Waals surface area contributed by atoms with Crippen LogP contribution in [0.15, 0.2) is 18.2 Å². The molecule has 1 aliphatic heterocycles. The molecule has 1 aliphatic rings. The predicted octanol–water partition coefficient (Wildman–Crippen LogP) is 0.631. The Hall–Kier alpha value is -1.44. The molecule has 116 valence electrons. The van der Waals surface area contributed by atoms with E-state index in [1.54, 1.807) is 25.2 Å². The molecular formula is C14H19NO5S. The van der Waals surface area contributed by atoms with E-state index in [0.29, 0.717) is 17.3 Å². The molecule has 1 fully saturated rings. The van der Waals surface area contributed by atoms with E-state index in [9.17, 15) is 9.90 Å². The summed E-state index contributed by atoms with van der Waals surface area (Å²) in [6, 6.07) is 5.49. The van der Waals surface area contributed by atoms with Crippen molar-refractivity contribution in [3.63, 3.8) is 0 Å². The Labute approximate surface area is 127 Å². The average Bonchev–Trinajstić information content (AvgIpc) is 2.87. The minimum Gasteiger partial charge on any atom is -0.493 e. The van der Waals surface area contributed by atoms with Gasteiger partial charge in [0.25, 0.3) is 0 Å². The fraction of sp³-hybridized carbons (Fsp3) is 0.500. The summed E-state index contributed by atoms with van der Waals surface area (Å²) in [5.41, 5.74) is 0.817. The van der Waals surface area contributed by atoms with Crippen molar-refractivity contribution >= 4 is 17.7 Å². The van der Waals surface area contributed by atoms with Gasteiger partial charge in [0, 0.05) is 5.56 Å². The molecule has 2 rings (SSSR count). The van der Waals surface area contributed by atoms with Gasteiger partial charge in [0.05, 0.1) is 39.2 Å². The van der Waals surface area contributed by atoms with Gasteiger partial charge in [-0.25, -0.2) is 0 Å². The number of ether oxygens (including phenoxy) is 2. The van der Waals surface area contributed by atoms with E-state index >= 15 is 0 Å². The lowest BCUT2D eigenvalue weighted by Gasteiger charge is -2.27. The quantitative estimate of drug-likeness (QED) is 0.802. The third kappa shape index (κ3) is 3.25. The molecule has 0 aliphatic carbocycles. The van der Waals surface area contributed by atoms with Crippen LogP contribution in [-0.2, 0) is 4.79 Å². The maximum absolute atomic E-state index is 12.0. The Morgan fingerprint density at radius 2 is 2.19 bits per heavy atom. The number of carbonyl (C=O) groups excluding carboxylic acids is 1. The van der Waals surface area contributed by atoms with Crippen molar-refractivity contribution in [2.45, 2.75) is 11.5 Å². The summed E-state index contributed by atoms with van der Waals surface area (Å²) in [5, 5.41) is 18.3. The van der Waals surface area contributed by atoms with Crippen molar-refractivity contribution in [2.24, 2.45) is 0 Å². The SMILES string of the molecule is COc1cccc(C2SCC(=O)N2C[C@H](O)CO)c1OC. The Bertz CT molecular complexity index is 510. The first-order valence-electron chi connectivity index (χ1n) is 6.53. The predicted molar refractivity (Wildman–Crippen MR) is 79.6 cm³/mol. The van der Waals surface area contributed by atoms with Gasteiger partial charge in [0.15, 0.2) is 11.5 Å².